The van der Waals surface area contributed by atoms with Crippen molar-refractivity contribution in [2.45, 2.75) is 0 Å². The van der Waals surface area contributed by atoms with E-state index in [1.807, 2.05) is 0 Å². The van der Waals surface area contributed by atoms with Crippen molar-refractivity contribution in [2.75, 3.05) is 60.5 Å². The van der Waals surface area contributed by atoms with Gasteiger partial charge in [0.2, 0.25) is 0 Å². The molecule has 0 atom stereocenters. The van der Waals surface area contributed by atoms with Gasteiger partial charge in [-0.1, -0.05) is 0 Å². The molecule has 1 fully saturated rings. The SMILES string of the molecule is COCCN1CCN(S(=O)(=O)N(C)C)CC1. The van der Waals surface area contributed by atoms with Crippen LogP contribution in [0.5, 0.6) is 0 Å². The van der Waals surface area contributed by atoms with Crippen molar-refractivity contribution >= 4 is 10.2 Å². The Morgan fingerprint density at radius 3 is 2.19 bits per heavy atom. The summed E-state index contributed by atoms with van der Waals surface area (Å²) in [6, 6.07) is 0. The zero-order chi connectivity index (χ0) is 12.2. The number of hydrogen-bond donors (Lipinski definition) is 0. The van der Waals surface area contributed by atoms with Gasteiger partial charge < -0.3 is 4.74 Å². The molecule has 0 unspecified atom stereocenters. The highest BCUT2D eigenvalue weighted by Crippen LogP contribution is 2.09. The van der Waals surface area contributed by atoms with Crippen molar-refractivity contribution in [1.29, 1.82) is 0 Å². The average molecular weight is 251 g/mol. The third kappa shape index (κ3) is 3.39. The summed E-state index contributed by atoms with van der Waals surface area (Å²) < 4.78 is 31.4. The summed E-state index contributed by atoms with van der Waals surface area (Å²) in [5.74, 6) is 0. The minimum absolute atomic E-state index is 0.560. The smallest absolute Gasteiger partial charge is 0.281 e. The van der Waals surface area contributed by atoms with Crippen molar-refractivity contribution < 1.29 is 13.2 Å². The van der Waals surface area contributed by atoms with E-state index in [-0.39, 0.29) is 0 Å². The lowest BCUT2D eigenvalue weighted by molar-refractivity contribution is 0.122. The molecule has 0 bridgehead atoms. The molecule has 0 aromatic carbocycles. The monoisotopic (exact) mass is 251 g/mol. The second kappa shape index (κ2) is 5.92. The molecule has 0 radical (unpaired) electrons. The summed E-state index contributed by atoms with van der Waals surface area (Å²) in [5, 5.41) is 0. The Labute approximate surface area is 97.9 Å². The number of rotatable bonds is 5. The quantitative estimate of drug-likeness (QED) is 0.633. The van der Waals surface area contributed by atoms with Crippen molar-refractivity contribution in [1.82, 2.24) is 13.5 Å². The minimum Gasteiger partial charge on any atom is -0.383 e. The zero-order valence-electron chi connectivity index (χ0n) is 10.2. The molecule has 96 valence electrons. The van der Waals surface area contributed by atoms with E-state index in [4.69, 9.17) is 4.74 Å². The third-order valence-electron chi connectivity index (χ3n) is 2.73. The molecule has 1 aliphatic heterocycles. The van der Waals surface area contributed by atoms with Gasteiger partial charge in [-0.05, 0) is 0 Å². The van der Waals surface area contributed by atoms with Gasteiger partial charge in [-0.2, -0.15) is 17.0 Å². The maximum atomic E-state index is 11.8. The lowest BCUT2D eigenvalue weighted by Crippen LogP contribution is -2.52. The van der Waals surface area contributed by atoms with Gasteiger partial charge in [-0.25, -0.2) is 0 Å². The lowest BCUT2D eigenvalue weighted by atomic mass is 10.4. The predicted molar refractivity (Wildman–Crippen MR) is 62.5 cm³/mol. The molecule has 16 heavy (non-hydrogen) atoms. The molecule has 0 saturated carbocycles. The van der Waals surface area contributed by atoms with Gasteiger partial charge in [-0.15, -0.1) is 0 Å². The molecule has 0 aromatic heterocycles. The fourth-order valence-electron chi connectivity index (χ4n) is 1.64. The number of piperazine rings is 1. The minimum atomic E-state index is -3.24. The fraction of sp³-hybridized carbons (Fsp3) is 1.00. The molecule has 1 rings (SSSR count). The summed E-state index contributed by atoms with van der Waals surface area (Å²) in [6.07, 6.45) is 0. The summed E-state index contributed by atoms with van der Waals surface area (Å²) in [5.41, 5.74) is 0. The van der Waals surface area contributed by atoms with Crippen molar-refractivity contribution in [3.63, 3.8) is 0 Å². The summed E-state index contributed by atoms with van der Waals surface area (Å²) in [4.78, 5) is 2.21. The molecule has 6 nitrogen and oxygen atoms in total. The van der Waals surface area contributed by atoms with E-state index in [1.54, 1.807) is 21.2 Å². The number of hydrogen-bond acceptors (Lipinski definition) is 4. The Balaban J connectivity index is 2.43. The standard InChI is InChI=1S/C9H21N3O3S/c1-10(2)16(13,14)12-6-4-11(5-7-12)8-9-15-3/h4-9H2,1-3H3. The molecule has 0 N–H and O–H groups in total. The van der Waals surface area contributed by atoms with Crippen molar-refractivity contribution in [3.05, 3.63) is 0 Å². The van der Waals surface area contributed by atoms with Gasteiger partial charge >= 0.3 is 0 Å². The molecule has 7 heteroatoms. The fourth-order valence-corrected chi connectivity index (χ4v) is 2.72. The summed E-state index contributed by atoms with van der Waals surface area (Å²) >= 11 is 0. The molecule has 0 amide bonds. The van der Waals surface area contributed by atoms with Crippen molar-refractivity contribution in [2.24, 2.45) is 0 Å². The predicted octanol–water partition coefficient (Wildman–Crippen LogP) is -0.943. The van der Waals surface area contributed by atoms with Gasteiger partial charge in [0, 0.05) is 53.9 Å². The van der Waals surface area contributed by atoms with Crippen molar-refractivity contribution in [3.8, 4) is 0 Å². The molecule has 0 aliphatic carbocycles. The maximum absolute atomic E-state index is 11.8. The van der Waals surface area contributed by atoms with Gasteiger partial charge in [0.1, 0.15) is 0 Å². The van der Waals surface area contributed by atoms with Crippen LogP contribution in [0.25, 0.3) is 0 Å². The second-order valence-electron chi connectivity index (χ2n) is 4.02. The second-order valence-corrected chi connectivity index (χ2v) is 6.17. The number of methoxy groups -OCH3 is 1. The first-order valence-electron chi connectivity index (χ1n) is 5.37. The zero-order valence-corrected chi connectivity index (χ0v) is 11.0. The average Bonchev–Trinajstić information content (AvgIpc) is 2.26. The summed E-state index contributed by atoms with van der Waals surface area (Å²) in [7, 11) is 1.56. The molecular formula is C9H21N3O3S. The van der Waals surface area contributed by atoms with Gasteiger partial charge in [0.05, 0.1) is 6.61 Å². The molecule has 0 aromatic rings. The molecule has 1 heterocycles. The highest BCUT2D eigenvalue weighted by molar-refractivity contribution is 7.86. The molecular weight excluding hydrogens is 230 g/mol. The Morgan fingerprint density at radius 2 is 1.75 bits per heavy atom. The van der Waals surface area contributed by atoms with Gasteiger partial charge in [0.25, 0.3) is 10.2 Å². The first-order valence-corrected chi connectivity index (χ1v) is 6.77. The molecule has 1 aliphatic rings. The van der Waals surface area contributed by atoms with E-state index in [0.29, 0.717) is 19.7 Å². The van der Waals surface area contributed by atoms with Gasteiger partial charge in [-0.3, -0.25) is 4.90 Å². The topological polar surface area (TPSA) is 53.1 Å². The molecule has 1 saturated heterocycles. The van der Waals surface area contributed by atoms with E-state index in [2.05, 4.69) is 4.90 Å². The largest absolute Gasteiger partial charge is 0.383 e. The van der Waals surface area contributed by atoms with E-state index in [0.717, 1.165) is 19.6 Å². The first kappa shape index (κ1) is 13.9. The summed E-state index contributed by atoms with van der Waals surface area (Å²) in [6.45, 7) is 4.23. The first-order chi connectivity index (χ1) is 7.48. The van der Waals surface area contributed by atoms with Crippen LogP contribution in [0.4, 0.5) is 0 Å². The van der Waals surface area contributed by atoms with E-state index < -0.39 is 10.2 Å². The molecule has 0 spiro atoms. The van der Waals surface area contributed by atoms with Crippen LogP contribution in [0, 0.1) is 0 Å². The lowest BCUT2D eigenvalue weighted by Gasteiger charge is -2.34. The Morgan fingerprint density at radius 1 is 1.19 bits per heavy atom. The highest BCUT2D eigenvalue weighted by atomic mass is 32.2. The van der Waals surface area contributed by atoms with Crippen LogP contribution in [-0.4, -0.2) is 82.5 Å². The maximum Gasteiger partial charge on any atom is 0.281 e. The van der Waals surface area contributed by atoms with Crippen LogP contribution in [0.1, 0.15) is 0 Å². The normalized spacial score (nSPS) is 20.5. The number of ether oxygens (including phenoxy) is 1. The van der Waals surface area contributed by atoms with Crippen LogP contribution < -0.4 is 0 Å². The van der Waals surface area contributed by atoms with E-state index in [9.17, 15) is 8.42 Å². The third-order valence-corrected chi connectivity index (χ3v) is 4.67. The number of nitrogens with zero attached hydrogens (tertiary/aromatic N) is 3. The van der Waals surface area contributed by atoms with Crippen LogP contribution in [-0.2, 0) is 14.9 Å². The van der Waals surface area contributed by atoms with E-state index in [1.165, 1.54) is 8.61 Å². The van der Waals surface area contributed by atoms with Crippen LogP contribution >= 0.6 is 0 Å². The van der Waals surface area contributed by atoms with Crippen LogP contribution in [0.15, 0.2) is 0 Å². The highest BCUT2D eigenvalue weighted by Gasteiger charge is 2.28. The Hall–Kier alpha value is -0.210. The Bertz CT molecular complexity index is 297. The van der Waals surface area contributed by atoms with Gasteiger partial charge in [0.15, 0.2) is 0 Å². The Kier molecular flexibility index (Phi) is 5.13. The van der Waals surface area contributed by atoms with Crippen LogP contribution in [0.2, 0.25) is 0 Å². The van der Waals surface area contributed by atoms with Crippen LogP contribution in [0.3, 0.4) is 0 Å². The van der Waals surface area contributed by atoms with E-state index >= 15 is 0 Å².